The molecule has 5 heteroatoms. The third-order valence-electron chi connectivity index (χ3n) is 2.36. The van der Waals surface area contributed by atoms with Crippen LogP contribution in [0, 0.1) is 0 Å². The fourth-order valence-corrected chi connectivity index (χ4v) is 2.79. The monoisotopic (exact) mass is 344 g/mol. The van der Waals surface area contributed by atoms with Crippen LogP contribution in [0.3, 0.4) is 0 Å². The van der Waals surface area contributed by atoms with Crippen LogP contribution >= 0.6 is 31.9 Å². The lowest BCUT2D eigenvalue weighted by Crippen LogP contribution is -1.90. The molecule has 2 N–H and O–H groups in total. The Kier molecular flexibility index (Phi) is 3.35. The minimum Gasteiger partial charge on any atom is -0.367 e. The van der Waals surface area contributed by atoms with Crippen molar-refractivity contribution < 1.29 is 4.52 Å². The van der Waals surface area contributed by atoms with E-state index in [1.54, 1.807) is 0 Å². The summed E-state index contributed by atoms with van der Waals surface area (Å²) in [4.78, 5) is 0. The minimum absolute atomic E-state index is 0.396. The lowest BCUT2D eigenvalue weighted by atomic mass is 10.1. The summed E-state index contributed by atoms with van der Waals surface area (Å²) in [7, 11) is 0. The van der Waals surface area contributed by atoms with Gasteiger partial charge in [0.25, 0.3) is 0 Å². The fraction of sp³-hybridized carbons (Fsp3) is 0.182. The van der Waals surface area contributed by atoms with Crippen LogP contribution in [0.25, 0.3) is 11.3 Å². The van der Waals surface area contributed by atoms with Crippen LogP contribution in [-0.4, -0.2) is 5.16 Å². The Bertz CT molecular complexity index is 523. The van der Waals surface area contributed by atoms with Crippen LogP contribution in [0.15, 0.2) is 31.7 Å². The lowest BCUT2D eigenvalue weighted by Gasteiger charge is -2.03. The summed E-state index contributed by atoms with van der Waals surface area (Å²) < 4.78 is 7.00. The van der Waals surface area contributed by atoms with Crippen molar-refractivity contribution in [1.82, 2.24) is 5.16 Å². The van der Waals surface area contributed by atoms with E-state index in [1.807, 2.05) is 25.1 Å². The third kappa shape index (κ3) is 2.01. The van der Waals surface area contributed by atoms with Gasteiger partial charge >= 0.3 is 0 Å². The van der Waals surface area contributed by atoms with Gasteiger partial charge in [0.15, 0.2) is 0 Å². The van der Waals surface area contributed by atoms with E-state index < -0.39 is 0 Å². The predicted molar refractivity (Wildman–Crippen MR) is 71.1 cm³/mol. The molecule has 3 nitrogen and oxygen atoms in total. The number of hydrogen-bond donors (Lipinski definition) is 1. The second kappa shape index (κ2) is 4.59. The molecule has 1 aromatic carbocycles. The summed E-state index contributed by atoms with van der Waals surface area (Å²) in [5.41, 5.74) is 8.45. The van der Waals surface area contributed by atoms with E-state index in [2.05, 4.69) is 37.0 Å². The highest BCUT2D eigenvalue weighted by Gasteiger charge is 2.15. The smallest absolute Gasteiger partial charge is 0.225 e. The van der Waals surface area contributed by atoms with Gasteiger partial charge in [0, 0.05) is 20.1 Å². The van der Waals surface area contributed by atoms with Gasteiger partial charge in [0.2, 0.25) is 5.88 Å². The molecule has 0 saturated heterocycles. The minimum atomic E-state index is 0.396. The zero-order valence-corrected chi connectivity index (χ0v) is 11.8. The van der Waals surface area contributed by atoms with Crippen molar-refractivity contribution in [3.63, 3.8) is 0 Å². The molecule has 0 spiro atoms. The zero-order chi connectivity index (χ0) is 11.7. The van der Waals surface area contributed by atoms with Crippen LogP contribution < -0.4 is 5.73 Å². The third-order valence-corrected chi connectivity index (χ3v) is 3.51. The molecule has 84 valence electrons. The Hall–Kier alpha value is -0.810. The highest BCUT2D eigenvalue weighted by molar-refractivity contribution is 9.11. The van der Waals surface area contributed by atoms with Crippen LogP contribution in [0.1, 0.15) is 12.5 Å². The van der Waals surface area contributed by atoms with Crippen molar-refractivity contribution in [2.24, 2.45) is 0 Å². The van der Waals surface area contributed by atoms with Gasteiger partial charge in [-0.25, -0.2) is 0 Å². The van der Waals surface area contributed by atoms with E-state index in [1.165, 1.54) is 0 Å². The molecule has 0 aliphatic heterocycles. The Balaban J connectivity index is 2.58. The Labute approximate surface area is 110 Å². The molecule has 0 aliphatic rings. The highest BCUT2D eigenvalue weighted by atomic mass is 79.9. The number of rotatable bonds is 2. The molecular weight excluding hydrogens is 336 g/mol. The molecule has 0 bridgehead atoms. The molecule has 1 aromatic heterocycles. The Morgan fingerprint density at radius 1 is 1.38 bits per heavy atom. The van der Waals surface area contributed by atoms with E-state index in [4.69, 9.17) is 10.3 Å². The number of anilines is 1. The predicted octanol–water partition coefficient (Wildman–Crippen LogP) is 4.01. The van der Waals surface area contributed by atoms with Gasteiger partial charge in [0.05, 0.1) is 0 Å². The van der Waals surface area contributed by atoms with E-state index in [9.17, 15) is 0 Å². The van der Waals surface area contributed by atoms with Crippen LogP contribution in [0.5, 0.6) is 0 Å². The van der Waals surface area contributed by atoms with Gasteiger partial charge in [-0.3, -0.25) is 0 Å². The van der Waals surface area contributed by atoms with Crippen molar-refractivity contribution in [1.29, 1.82) is 0 Å². The molecule has 2 rings (SSSR count). The zero-order valence-electron chi connectivity index (χ0n) is 8.63. The molecular formula is C11H10Br2N2O. The van der Waals surface area contributed by atoms with E-state index in [0.29, 0.717) is 5.88 Å². The molecule has 0 atom stereocenters. The highest BCUT2D eigenvalue weighted by Crippen LogP contribution is 2.34. The summed E-state index contributed by atoms with van der Waals surface area (Å²) in [5.74, 6) is 0.396. The molecule has 0 radical (unpaired) electrons. The van der Waals surface area contributed by atoms with Gasteiger partial charge in [0.1, 0.15) is 5.69 Å². The van der Waals surface area contributed by atoms with Gasteiger partial charge in [-0.2, -0.15) is 0 Å². The van der Waals surface area contributed by atoms with Gasteiger partial charge in [-0.1, -0.05) is 50.0 Å². The fourth-order valence-electron chi connectivity index (χ4n) is 1.56. The summed E-state index contributed by atoms with van der Waals surface area (Å²) >= 11 is 6.92. The second-order valence-corrected chi connectivity index (χ2v) is 5.12. The average Bonchev–Trinajstić information content (AvgIpc) is 2.59. The average molecular weight is 346 g/mol. The summed E-state index contributed by atoms with van der Waals surface area (Å²) in [5, 5.41) is 4.00. The van der Waals surface area contributed by atoms with Crippen molar-refractivity contribution in [2.75, 3.05) is 5.73 Å². The maximum Gasteiger partial charge on any atom is 0.225 e. The number of hydrogen-bond acceptors (Lipinski definition) is 3. The Morgan fingerprint density at radius 2 is 2.12 bits per heavy atom. The number of aromatic nitrogens is 1. The maximum atomic E-state index is 5.72. The first-order valence-electron chi connectivity index (χ1n) is 4.83. The summed E-state index contributed by atoms with van der Waals surface area (Å²) in [6, 6.07) is 5.91. The van der Waals surface area contributed by atoms with Crippen LogP contribution in [0.2, 0.25) is 0 Å². The molecule has 2 aromatic rings. The summed E-state index contributed by atoms with van der Waals surface area (Å²) in [6.45, 7) is 2.03. The van der Waals surface area contributed by atoms with Gasteiger partial charge < -0.3 is 10.3 Å². The van der Waals surface area contributed by atoms with E-state index in [0.717, 1.165) is 32.2 Å². The number of halogens is 2. The first-order valence-corrected chi connectivity index (χ1v) is 6.41. The van der Waals surface area contributed by atoms with Crippen LogP contribution in [0.4, 0.5) is 5.88 Å². The number of nitrogen functional groups attached to an aromatic ring is 1. The topological polar surface area (TPSA) is 52.0 Å². The molecule has 0 saturated carbocycles. The molecule has 1 heterocycles. The van der Waals surface area contributed by atoms with Crippen molar-refractivity contribution >= 4 is 37.7 Å². The molecule has 16 heavy (non-hydrogen) atoms. The summed E-state index contributed by atoms with van der Waals surface area (Å²) in [6.07, 6.45) is 0.799. The van der Waals surface area contributed by atoms with E-state index >= 15 is 0 Å². The van der Waals surface area contributed by atoms with Gasteiger partial charge in [-0.15, -0.1) is 0 Å². The first kappa shape index (κ1) is 11.7. The molecule has 0 unspecified atom stereocenters. The largest absolute Gasteiger partial charge is 0.367 e. The van der Waals surface area contributed by atoms with Gasteiger partial charge in [-0.05, 0) is 18.6 Å². The van der Waals surface area contributed by atoms with Crippen LogP contribution in [-0.2, 0) is 6.42 Å². The lowest BCUT2D eigenvalue weighted by molar-refractivity contribution is 0.438. The number of benzene rings is 1. The maximum absolute atomic E-state index is 5.72. The number of nitrogens with zero attached hydrogens (tertiary/aromatic N) is 1. The van der Waals surface area contributed by atoms with Crippen molar-refractivity contribution in [2.45, 2.75) is 13.3 Å². The second-order valence-electron chi connectivity index (χ2n) is 3.35. The Morgan fingerprint density at radius 3 is 2.75 bits per heavy atom. The molecule has 0 aliphatic carbocycles. The molecule has 0 amide bonds. The quantitative estimate of drug-likeness (QED) is 0.894. The first-order chi connectivity index (χ1) is 7.63. The van der Waals surface area contributed by atoms with Crippen molar-refractivity contribution in [3.8, 4) is 11.3 Å². The standard InChI is InChI=1S/C11H10Br2N2O/c1-2-7-10(15-16-11(7)14)8-4-3-6(12)5-9(8)13/h3-5H,2,14H2,1H3. The SMILES string of the molecule is CCc1c(-c2ccc(Br)cc2Br)noc1N. The normalized spacial score (nSPS) is 10.7. The molecule has 0 fully saturated rings. The number of nitrogens with two attached hydrogens (primary N) is 1. The van der Waals surface area contributed by atoms with E-state index in [-0.39, 0.29) is 0 Å². The van der Waals surface area contributed by atoms with Crippen molar-refractivity contribution in [3.05, 3.63) is 32.7 Å².